The molecule has 0 aliphatic carbocycles. The number of hydrogen-bond donors (Lipinski definition) is 0. The maximum Gasteiger partial charge on any atom is 0.132 e. The zero-order valence-electron chi connectivity index (χ0n) is 8.27. The van der Waals surface area contributed by atoms with E-state index in [0.717, 1.165) is 19.3 Å². The Bertz CT molecular complexity index is 98.4. The first-order valence-electron chi connectivity index (χ1n) is 4.82. The van der Waals surface area contributed by atoms with Gasteiger partial charge in [0.15, 0.2) is 0 Å². The molecule has 0 amide bonds. The number of unbranched alkanes of at least 4 members (excludes halogenated alkanes) is 2. The van der Waals surface area contributed by atoms with E-state index in [0.29, 0.717) is 18.8 Å². The van der Waals surface area contributed by atoms with Gasteiger partial charge in [-0.3, -0.25) is 4.79 Å². The van der Waals surface area contributed by atoms with E-state index in [1.165, 1.54) is 12.8 Å². The maximum atomic E-state index is 11.1. The standard InChI is InChI=1S/C10H20O2/c1-3-4-5-7-10(11)8-6-9-12-2/h3-9H2,1-2H3. The minimum absolute atomic E-state index is 0.389. The average Bonchev–Trinajstić information content (AvgIpc) is 2.06. The molecule has 0 saturated heterocycles. The third-order valence-corrected chi connectivity index (χ3v) is 1.86. The van der Waals surface area contributed by atoms with E-state index in [2.05, 4.69) is 6.92 Å². The Morgan fingerprint density at radius 3 is 2.42 bits per heavy atom. The molecule has 12 heavy (non-hydrogen) atoms. The summed E-state index contributed by atoms with van der Waals surface area (Å²) in [6.45, 7) is 2.86. The molecule has 0 aromatic heterocycles. The van der Waals surface area contributed by atoms with Crippen LogP contribution in [0.5, 0.6) is 0 Å². The summed E-state index contributed by atoms with van der Waals surface area (Å²) in [6.07, 6.45) is 5.75. The van der Waals surface area contributed by atoms with Gasteiger partial charge in [-0.15, -0.1) is 0 Å². The molecule has 0 fully saturated rings. The number of carbonyl (C=O) groups is 1. The summed E-state index contributed by atoms with van der Waals surface area (Å²) in [5.41, 5.74) is 0. The molecule has 0 rings (SSSR count). The van der Waals surface area contributed by atoms with Gasteiger partial charge in [0.2, 0.25) is 0 Å². The molecule has 0 unspecified atom stereocenters. The first-order valence-corrected chi connectivity index (χ1v) is 4.82. The molecule has 0 heterocycles. The third-order valence-electron chi connectivity index (χ3n) is 1.86. The van der Waals surface area contributed by atoms with Crippen LogP contribution in [0.4, 0.5) is 0 Å². The molecule has 0 N–H and O–H groups in total. The fraction of sp³-hybridized carbons (Fsp3) is 0.900. The zero-order valence-corrected chi connectivity index (χ0v) is 8.27. The van der Waals surface area contributed by atoms with Crippen LogP contribution in [0.1, 0.15) is 45.4 Å². The Kier molecular flexibility index (Phi) is 8.46. The number of ketones is 1. The number of Topliss-reactive ketones (excluding diaryl/α,β-unsaturated/α-hetero) is 1. The van der Waals surface area contributed by atoms with Gasteiger partial charge >= 0.3 is 0 Å². The molecule has 0 saturated carbocycles. The Labute approximate surface area is 75.3 Å². The minimum Gasteiger partial charge on any atom is -0.385 e. The van der Waals surface area contributed by atoms with Gasteiger partial charge in [0.25, 0.3) is 0 Å². The first-order chi connectivity index (χ1) is 5.81. The van der Waals surface area contributed by atoms with Crippen molar-refractivity contribution in [3.8, 4) is 0 Å². The van der Waals surface area contributed by atoms with Crippen LogP contribution in [0.15, 0.2) is 0 Å². The highest BCUT2D eigenvalue weighted by molar-refractivity contribution is 5.78. The molecule has 0 aliphatic heterocycles. The van der Waals surface area contributed by atoms with Gasteiger partial charge in [0, 0.05) is 26.6 Å². The largest absolute Gasteiger partial charge is 0.385 e. The second kappa shape index (κ2) is 8.72. The van der Waals surface area contributed by atoms with Crippen LogP contribution in [-0.4, -0.2) is 19.5 Å². The number of hydrogen-bond acceptors (Lipinski definition) is 2. The van der Waals surface area contributed by atoms with E-state index in [9.17, 15) is 4.79 Å². The Balaban J connectivity index is 3.10. The molecular formula is C10H20O2. The molecule has 0 radical (unpaired) electrons. The van der Waals surface area contributed by atoms with Crippen LogP contribution in [0.2, 0.25) is 0 Å². The maximum absolute atomic E-state index is 11.1. The Hall–Kier alpha value is -0.370. The number of carbonyl (C=O) groups excluding carboxylic acids is 1. The summed E-state index contributed by atoms with van der Waals surface area (Å²) < 4.78 is 4.87. The molecule has 0 atom stereocenters. The van der Waals surface area contributed by atoms with Crippen LogP contribution >= 0.6 is 0 Å². The SMILES string of the molecule is CCCCCC(=O)CCCOC. The lowest BCUT2D eigenvalue weighted by molar-refractivity contribution is -0.119. The summed E-state index contributed by atoms with van der Waals surface area (Å²) in [5, 5.41) is 0. The van der Waals surface area contributed by atoms with Gasteiger partial charge in [-0.2, -0.15) is 0 Å². The van der Waals surface area contributed by atoms with Crippen molar-refractivity contribution < 1.29 is 9.53 Å². The summed E-state index contributed by atoms with van der Waals surface area (Å²) in [4.78, 5) is 11.1. The predicted molar refractivity (Wildman–Crippen MR) is 50.3 cm³/mol. The minimum atomic E-state index is 0.389. The summed E-state index contributed by atoms with van der Waals surface area (Å²) >= 11 is 0. The van der Waals surface area contributed by atoms with Gasteiger partial charge < -0.3 is 4.74 Å². The van der Waals surface area contributed by atoms with Crippen molar-refractivity contribution in [2.75, 3.05) is 13.7 Å². The van der Waals surface area contributed by atoms with Crippen LogP contribution in [-0.2, 0) is 9.53 Å². The summed E-state index contributed by atoms with van der Waals surface area (Å²) in [7, 11) is 1.67. The van der Waals surface area contributed by atoms with Crippen molar-refractivity contribution >= 4 is 5.78 Å². The predicted octanol–water partition coefficient (Wildman–Crippen LogP) is 2.56. The van der Waals surface area contributed by atoms with E-state index in [4.69, 9.17) is 4.74 Å². The number of methoxy groups -OCH3 is 1. The molecule has 72 valence electrons. The second-order valence-corrected chi connectivity index (χ2v) is 3.09. The lowest BCUT2D eigenvalue weighted by Gasteiger charge is -1.99. The summed E-state index contributed by atoms with van der Waals surface area (Å²) in [5.74, 6) is 0.389. The van der Waals surface area contributed by atoms with Gasteiger partial charge in [-0.05, 0) is 12.8 Å². The van der Waals surface area contributed by atoms with Crippen LogP contribution in [0.3, 0.4) is 0 Å². The third kappa shape index (κ3) is 7.73. The van der Waals surface area contributed by atoms with E-state index >= 15 is 0 Å². The van der Waals surface area contributed by atoms with E-state index in [1.807, 2.05) is 0 Å². The molecule has 2 heteroatoms. The molecule has 0 aliphatic rings. The molecule has 0 spiro atoms. The van der Waals surface area contributed by atoms with Gasteiger partial charge in [0.1, 0.15) is 5.78 Å². The average molecular weight is 172 g/mol. The quantitative estimate of drug-likeness (QED) is 0.526. The Morgan fingerprint density at radius 1 is 1.17 bits per heavy atom. The molecule has 0 aromatic rings. The highest BCUT2D eigenvalue weighted by atomic mass is 16.5. The zero-order chi connectivity index (χ0) is 9.23. The normalized spacial score (nSPS) is 10.2. The van der Waals surface area contributed by atoms with E-state index in [1.54, 1.807) is 7.11 Å². The van der Waals surface area contributed by atoms with Crippen molar-refractivity contribution in [2.45, 2.75) is 45.4 Å². The van der Waals surface area contributed by atoms with Crippen molar-refractivity contribution in [1.82, 2.24) is 0 Å². The number of rotatable bonds is 8. The fourth-order valence-corrected chi connectivity index (χ4v) is 1.11. The van der Waals surface area contributed by atoms with Crippen LogP contribution in [0, 0.1) is 0 Å². The van der Waals surface area contributed by atoms with E-state index in [-0.39, 0.29) is 0 Å². The van der Waals surface area contributed by atoms with Crippen molar-refractivity contribution in [3.63, 3.8) is 0 Å². The van der Waals surface area contributed by atoms with Crippen LogP contribution in [0.25, 0.3) is 0 Å². The molecule has 0 aromatic carbocycles. The Morgan fingerprint density at radius 2 is 1.83 bits per heavy atom. The highest BCUT2D eigenvalue weighted by Crippen LogP contribution is 2.03. The van der Waals surface area contributed by atoms with Crippen molar-refractivity contribution in [1.29, 1.82) is 0 Å². The molecular weight excluding hydrogens is 152 g/mol. The van der Waals surface area contributed by atoms with Crippen molar-refractivity contribution in [2.24, 2.45) is 0 Å². The topological polar surface area (TPSA) is 26.3 Å². The van der Waals surface area contributed by atoms with E-state index < -0.39 is 0 Å². The van der Waals surface area contributed by atoms with Gasteiger partial charge in [0.05, 0.1) is 0 Å². The lowest BCUT2D eigenvalue weighted by atomic mass is 10.1. The van der Waals surface area contributed by atoms with Crippen molar-refractivity contribution in [3.05, 3.63) is 0 Å². The molecule has 2 nitrogen and oxygen atoms in total. The summed E-state index contributed by atoms with van der Waals surface area (Å²) in [6, 6.07) is 0. The second-order valence-electron chi connectivity index (χ2n) is 3.09. The van der Waals surface area contributed by atoms with Gasteiger partial charge in [-0.1, -0.05) is 19.8 Å². The number of ether oxygens (including phenoxy) is 1. The lowest BCUT2D eigenvalue weighted by Crippen LogP contribution is -1.99. The fourth-order valence-electron chi connectivity index (χ4n) is 1.11. The van der Waals surface area contributed by atoms with Gasteiger partial charge in [-0.25, -0.2) is 0 Å². The molecule has 0 bridgehead atoms. The smallest absolute Gasteiger partial charge is 0.132 e. The van der Waals surface area contributed by atoms with Crippen LogP contribution < -0.4 is 0 Å². The first kappa shape index (κ1) is 11.6. The monoisotopic (exact) mass is 172 g/mol. The highest BCUT2D eigenvalue weighted by Gasteiger charge is 2.00.